The second-order valence-corrected chi connectivity index (χ2v) is 8.33. The SMILES string of the molecule is CN=C(NC)c1ccc(NC(=O)Nc2ccc(C)c(NC)c2)cc1.O=CNc1cccc(C2=[NH+]CCN2)c1. The Balaban J connectivity index is 0.000000241. The van der Waals surface area contributed by atoms with Gasteiger partial charge in [-0.2, -0.15) is 0 Å². The Morgan fingerprint density at radius 2 is 1.71 bits per heavy atom. The van der Waals surface area contributed by atoms with Crippen LogP contribution in [0.2, 0.25) is 0 Å². The molecule has 3 amide bonds. The maximum absolute atomic E-state index is 12.1. The number of rotatable bonds is 7. The number of amidine groups is 2. The number of nitrogens with one attached hydrogen (secondary N) is 7. The summed E-state index contributed by atoms with van der Waals surface area (Å²) < 4.78 is 0. The summed E-state index contributed by atoms with van der Waals surface area (Å²) in [5.74, 6) is 1.82. The highest BCUT2D eigenvalue weighted by molar-refractivity contribution is 6.01. The predicted octanol–water partition coefficient (Wildman–Crippen LogP) is 1.96. The van der Waals surface area contributed by atoms with E-state index in [1.807, 2.05) is 87.7 Å². The van der Waals surface area contributed by atoms with Crippen molar-refractivity contribution in [2.24, 2.45) is 4.99 Å². The van der Waals surface area contributed by atoms with E-state index < -0.39 is 0 Å². The average molecular weight is 516 g/mol. The third kappa shape index (κ3) is 7.82. The highest BCUT2D eigenvalue weighted by Crippen LogP contribution is 2.20. The molecule has 0 bridgehead atoms. The van der Waals surface area contributed by atoms with Crippen molar-refractivity contribution < 1.29 is 14.6 Å². The Morgan fingerprint density at radius 3 is 2.34 bits per heavy atom. The van der Waals surface area contributed by atoms with Crippen molar-refractivity contribution in [3.8, 4) is 0 Å². The molecule has 4 rings (SSSR count). The van der Waals surface area contributed by atoms with Crippen LogP contribution in [0.1, 0.15) is 16.7 Å². The predicted molar refractivity (Wildman–Crippen MR) is 155 cm³/mol. The van der Waals surface area contributed by atoms with Crippen LogP contribution < -0.4 is 36.9 Å². The average Bonchev–Trinajstić information content (AvgIpc) is 3.47. The van der Waals surface area contributed by atoms with Crippen molar-refractivity contribution in [1.82, 2.24) is 10.6 Å². The molecule has 7 N–H and O–H groups in total. The van der Waals surface area contributed by atoms with Gasteiger partial charge in [0.05, 0.1) is 5.56 Å². The number of benzene rings is 3. The van der Waals surface area contributed by atoms with Gasteiger partial charge in [0, 0.05) is 49.5 Å². The standard InChI is InChI=1S/C18H23N5O.C10H11N3O/c1-12-5-8-15(11-16(12)19-2)23-18(24)22-14-9-6-13(7-10-14)17(20-3)21-4;14-7-13-9-3-1-2-8(6-9)10-11-4-5-12-10/h5-11,19H,1-4H3,(H,20,21)(H2,22,23,24);1-3,6-7H,4-5H2,(H,11,12)(H,13,14)/p+1. The Hall–Kier alpha value is -4.86. The van der Waals surface area contributed by atoms with E-state index in [1.54, 1.807) is 7.05 Å². The molecule has 10 nitrogen and oxygen atoms in total. The quantitative estimate of drug-likeness (QED) is 0.147. The fourth-order valence-electron chi connectivity index (χ4n) is 3.83. The minimum absolute atomic E-state index is 0.286. The Labute approximate surface area is 223 Å². The summed E-state index contributed by atoms with van der Waals surface area (Å²) in [5, 5.41) is 17.6. The normalized spacial score (nSPS) is 12.2. The van der Waals surface area contributed by atoms with E-state index in [9.17, 15) is 9.59 Å². The fourth-order valence-corrected chi connectivity index (χ4v) is 3.83. The highest BCUT2D eigenvalue weighted by atomic mass is 16.2. The van der Waals surface area contributed by atoms with Crippen molar-refractivity contribution in [1.29, 1.82) is 0 Å². The second-order valence-electron chi connectivity index (χ2n) is 8.33. The van der Waals surface area contributed by atoms with Crippen molar-refractivity contribution in [3.63, 3.8) is 0 Å². The second kappa shape index (κ2) is 14.0. The highest BCUT2D eigenvalue weighted by Gasteiger charge is 2.14. The van der Waals surface area contributed by atoms with Gasteiger partial charge in [0.2, 0.25) is 6.41 Å². The summed E-state index contributed by atoms with van der Waals surface area (Å²) in [4.78, 5) is 29.8. The van der Waals surface area contributed by atoms with Crippen molar-refractivity contribution >= 4 is 46.9 Å². The van der Waals surface area contributed by atoms with Crippen molar-refractivity contribution in [3.05, 3.63) is 83.4 Å². The zero-order valence-corrected chi connectivity index (χ0v) is 22.1. The fraction of sp³-hybridized carbons (Fsp3) is 0.214. The van der Waals surface area contributed by atoms with Crippen LogP contribution in [-0.4, -0.2) is 58.3 Å². The lowest BCUT2D eigenvalue weighted by molar-refractivity contribution is -0.444. The largest absolute Gasteiger partial charge is 0.388 e. The lowest BCUT2D eigenvalue weighted by Gasteiger charge is -2.11. The Morgan fingerprint density at radius 1 is 0.974 bits per heavy atom. The summed E-state index contributed by atoms with van der Waals surface area (Å²) >= 11 is 0. The first-order valence-corrected chi connectivity index (χ1v) is 12.2. The molecule has 38 heavy (non-hydrogen) atoms. The summed E-state index contributed by atoms with van der Waals surface area (Å²) in [6.07, 6.45) is 0.680. The number of amides is 3. The molecule has 1 aliphatic heterocycles. The summed E-state index contributed by atoms with van der Waals surface area (Å²) in [6, 6.07) is 20.6. The molecule has 0 spiro atoms. The first-order chi connectivity index (χ1) is 18.5. The smallest absolute Gasteiger partial charge is 0.323 e. The van der Waals surface area contributed by atoms with Gasteiger partial charge in [-0.3, -0.25) is 20.1 Å². The van der Waals surface area contributed by atoms with Gasteiger partial charge in [0.25, 0.3) is 5.84 Å². The van der Waals surface area contributed by atoms with Crippen molar-refractivity contribution in [2.45, 2.75) is 6.92 Å². The van der Waals surface area contributed by atoms with Gasteiger partial charge in [-0.15, -0.1) is 0 Å². The summed E-state index contributed by atoms with van der Waals surface area (Å²) in [5.41, 5.74) is 6.38. The topological polar surface area (TPSA) is 133 Å². The van der Waals surface area contributed by atoms with Gasteiger partial charge < -0.3 is 26.6 Å². The van der Waals surface area contributed by atoms with Gasteiger partial charge in [-0.1, -0.05) is 12.1 Å². The molecule has 0 atom stereocenters. The van der Waals surface area contributed by atoms with Gasteiger partial charge in [-0.25, -0.2) is 4.79 Å². The van der Waals surface area contributed by atoms with Gasteiger partial charge in [0.15, 0.2) is 0 Å². The van der Waals surface area contributed by atoms with Crippen LogP contribution in [0.25, 0.3) is 0 Å². The molecule has 10 heteroatoms. The third-order valence-electron chi connectivity index (χ3n) is 5.75. The molecule has 3 aromatic carbocycles. The molecule has 0 saturated carbocycles. The maximum Gasteiger partial charge on any atom is 0.323 e. The Bertz CT molecular complexity index is 1300. The summed E-state index contributed by atoms with van der Waals surface area (Å²) in [7, 11) is 5.40. The van der Waals surface area contributed by atoms with E-state index >= 15 is 0 Å². The van der Waals surface area contributed by atoms with E-state index in [2.05, 4.69) is 41.9 Å². The first-order valence-electron chi connectivity index (χ1n) is 12.2. The van der Waals surface area contributed by atoms with Crippen LogP contribution in [0.3, 0.4) is 0 Å². The molecular formula is C28H35N8O2+. The van der Waals surface area contributed by atoms with Gasteiger partial charge in [0.1, 0.15) is 18.9 Å². The van der Waals surface area contributed by atoms with E-state index in [0.717, 1.165) is 58.5 Å². The number of anilines is 4. The van der Waals surface area contributed by atoms with Crippen molar-refractivity contribution in [2.75, 3.05) is 55.5 Å². The van der Waals surface area contributed by atoms with E-state index in [0.29, 0.717) is 12.1 Å². The molecule has 0 fully saturated rings. The molecular weight excluding hydrogens is 480 g/mol. The first kappa shape index (κ1) is 27.7. The zero-order chi connectivity index (χ0) is 27.3. The number of carbonyl (C=O) groups excluding carboxylic acids is 2. The van der Waals surface area contributed by atoms with E-state index in [-0.39, 0.29) is 6.03 Å². The third-order valence-corrected chi connectivity index (χ3v) is 5.75. The van der Waals surface area contributed by atoms with Crippen LogP contribution >= 0.6 is 0 Å². The summed E-state index contributed by atoms with van der Waals surface area (Å²) in [6.45, 7) is 3.90. The molecule has 0 saturated heterocycles. The molecule has 0 unspecified atom stereocenters. The zero-order valence-electron chi connectivity index (χ0n) is 22.1. The molecule has 1 heterocycles. The molecule has 3 aromatic rings. The van der Waals surface area contributed by atoms with Crippen LogP contribution in [0.15, 0.2) is 71.7 Å². The van der Waals surface area contributed by atoms with Crippen LogP contribution in [-0.2, 0) is 4.79 Å². The van der Waals surface area contributed by atoms with E-state index in [4.69, 9.17) is 0 Å². The molecule has 0 radical (unpaired) electrons. The number of urea groups is 1. The van der Waals surface area contributed by atoms with Gasteiger partial charge >= 0.3 is 6.03 Å². The minimum atomic E-state index is -0.286. The number of hydrogen-bond acceptors (Lipinski definition) is 5. The van der Waals surface area contributed by atoms with Crippen LogP contribution in [0.5, 0.6) is 0 Å². The van der Waals surface area contributed by atoms with E-state index in [1.165, 1.54) is 0 Å². The van der Waals surface area contributed by atoms with Crippen LogP contribution in [0, 0.1) is 6.92 Å². The molecule has 0 aromatic heterocycles. The lowest BCUT2D eigenvalue weighted by atomic mass is 10.2. The van der Waals surface area contributed by atoms with Gasteiger partial charge in [-0.05, 0) is 67.1 Å². The molecule has 0 aliphatic carbocycles. The van der Waals surface area contributed by atoms with Crippen LogP contribution in [0.4, 0.5) is 27.5 Å². The molecule has 1 aliphatic rings. The Kier molecular flexibility index (Phi) is 10.2. The number of nitrogens with zero attached hydrogens (tertiary/aromatic N) is 1. The minimum Gasteiger partial charge on any atom is -0.388 e. The number of hydrogen-bond donors (Lipinski definition) is 7. The number of carbonyl (C=O) groups is 2. The maximum atomic E-state index is 12.1. The number of aliphatic imine (C=N–C) groups is 1. The monoisotopic (exact) mass is 515 g/mol. The lowest BCUT2D eigenvalue weighted by Crippen LogP contribution is -2.70. The molecule has 198 valence electrons. The number of aryl methyl sites for hydroxylation is 1.